The average molecular weight is 1440 g/mol. The molecule has 0 aromatic rings. The van der Waals surface area contributed by atoms with Crippen LogP contribution in [0.3, 0.4) is 0 Å². The van der Waals surface area contributed by atoms with Crippen LogP contribution in [0.5, 0.6) is 0 Å². The summed E-state index contributed by atoms with van der Waals surface area (Å²) in [5, 5.41) is 71.2. The molecule has 12 fully saturated rings. The summed E-state index contributed by atoms with van der Waals surface area (Å²) in [7, 11) is 0. The molecule has 15 atom stereocenters. The number of rotatable bonds is 12. The van der Waals surface area contributed by atoms with Crippen molar-refractivity contribution in [3.8, 4) is 0 Å². The lowest BCUT2D eigenvalue weighted by molar-refractivity contribution is -0.943. The van der Waals surface area contributed by atoms with Gasteiger partial charge in [-0.3, -0.25) is 60.7 Å². The minimum Gasteiger partial charge on any atom is -1.00 e. The maximum Gasteiger partial charge on any atom is 0.294 e. The predicted octanol–water partition coefficient (Wildman–Crippen LogP) is -5.44. The van der Waals surface area contributed by atoms with Crippen molar-refractivity contribution in [3.05, 3.63) is 60.7 Å². The van der Waals surface area contributed by atoms with Gasteiger partial charge >= 0.3 is 0 Å². The second-order valence-electron chi connectivity index (χ2n) is 18.4. The van der Waals surface area contributed by atoms with Gasteiger partial charge in [0.1, 0.15) is 51.9 Å². The molecule has 9 heterocycles. The summed E-state index contributed by atoms with van der Waals surface area (Å²) in [5.74, 6) is 0. The van der Waals surface area contributed by atoms with Gasteiger partial charge in [-0.15, -0.1) is 0 Å². The first-order chi connectivity index (χ1) is 26.5. The van der Waals surface area contributed by atoms with E-state index in [-0.39, 0.29) is 132 Å². The van der Waals surface area contributed by atoms with Crippen LogP contribution in [0.1, 0.15) is 38.5 Å². The standard InChI is InChI=1S/3C10H14Br2N3O4.3BrH/c3*11-1-2-15-5-9(13(16)17)3-7(15)8(12)10(4-9,6-15)14(18)19;;;/h3*7-8H,1-6H2;3*1H/q3*+1;;;/p-3. The monoisotopic (exact) mass is 1430 g/mol. The van der Waals surface area contributed by atoms with E-state index in [1.54, 1.807) is 0 Å². The summed E-state index contributed by atoms with van der Waals surface area (Å²) >= 11 is 20.6. The van der Waals surface area contributed by atoms with Crippen molar-refractivity contribution >= 4 is 95.6 Å². The van der Waals surface area contributed by atoms with Gasteiger partial charge in [0.15, 0.2) is 39.3 Å². The van der Waals surface area contributed by atoms with E-state index in [9.17, 15) is 60.7 Å². The van der Waals surface area contributed by atoms with E-state index in [1.165, 1.54) is 0 Å². The van der Waals surface area contributed by atoms with Crippen molar-refractivity contribution in [1.82, 2.24) is 0 Å². The zero-order valence-corrected chi connectivity index (χ0v) is 45.8. The van der Waals surface area contributed by atoms with Crippen molar-refractivity contribution in [2.24, 2.45) is 0 Å². The lowest BCUT2D eigenvalue weighted by atomic mass is 9.73. The van der Waals surface area contributed by atoms with Crippen molar-refractivity contribution in [2.75, 3.05) is 74.9 Å². The fourth-order valence-corrected chi connectivity index (χ4v) is 19.6. The van der Waals surface area contributed by atoms with Gasteiger partial charge in [0.2, 0.25) is 0 Å². The quantitative estimate of drug-likeness (QED) is 0.0768. The zero-order valence-electron chi connectivity index (χ0n) is 31.5. The molecule has 30 heteroatoms. The number of hydrogen-bond acceptors (Lipinski definition) is 12. The highest BCUT2D eigenvalue weighted by Gasteiger charge is 2.87. The SMILES string of the molecule is O=[N+]([O-])C12CC3C(Br)C([N+](=O)[O-])(C1)C[N+]3(CCBr)C2.O=[N+]([O-])C12CC3C(Br)C([N+](=O)[O-])(C1)C[N+]3(CCBr)C2.O=[N+]([O-])C12CC3C(Br)C([N+](=O)[O-])(C1)C[N+]3(CCBr)C2.[Br-].[Br-].[Br-]. The molecule has 21 nitrogen and oxygen atoms in total. The van der Waals surface area contributed by atoms with E-state index in [0.717, 1.165) is 19.6 Å². The van der Waals surface area contributed by atoms with E-state index in [0.29, 0.717) is 88.0 Å². The molecule has 3 saturated carbocycles. The van der Waals surface area contributed by atoms with E-state index < -0.39 is 33.2 Å². The molecule has 15 unspecified atom stereocenters. The number of alkyl halides is 6. The molecule has 60 heavy (non-hydrogen) atoms. The molecule has 12 rings (SSSR count). The Balaban J connectivity index is 0.000000194. The number of piperidine rings is 3. The normalized spacial score (nSPS) is 48.1. The number of halogens is 9. The second-order valence-corrected chi connectivity index (χ2v) is 23.8. The molecule has 9 aliphatic heterocycles. The highest BCUT2D eigenvalue weighted by atomic mass is 79.9. The molecule has 0 aromatic heterocycles. The average Bonchev–Trinajstić information content (AvgIpc) is 3.77. The van der Waals surface area contributed by atoms with E-state index in [4.69, 9.17) is 0 Å². The van der Waals surface area contributed by atoms with Gasteiger partial charge in [0.05, 0.1) is 54.9 Å². The Kier molecular flexibility index (Phi) is 15.4. The fraction of sp³-hybridized carbons (Fsp3) is 1.00. The lowest BCUT2D eigenvalue weighted by Crippen LogP contribution is -3.00. The van der Waals surface area contributed by atoms with Gasteiger partial charge in [-0.05, 0) is 0 Å². The molecule has 0 aromatic carbocycles. The Morgan fingerprint density at radius 3 is 0.800 bits per heavy atom. The number of nitro groups is 6. The molecular formula is C30H42Br9N9O12. The molecule has 12 aliphatic rings. The number of nitrogens with zero attached hydrogens (tertiary/aromatic N) is 9. The minimum atomic E-state index is -1.17. The van der Waals surface area contributed by atoms with Crippen LogP contribution in [0, 0.1) is 60.7 Å². The third kappa shape index (κ3) is 7.09. The number of quaternary nitrogens is 3. The van der Waals surface area contributed by atoms with E-state index in [1.807, 2.05) is 0 Å². The van der Waals surface area contributed by atoms with Crippen LogP contribution in [-0.4, -0.2) is 184 Å². The van der Waals surface area contributed by atoms with Crippen LogP contribution >= 0.6 is 95.6 Å². The lowest BCUT2D eigenvalue weighted by Gasteiger charge is -2.38. The third-order valence-corrected chi connectivity index (χ3v) is 21.2. The van der Waals surface area contributed by atoms with Gasteiger partial charge in [0, 0.05) is 29.5 Å². The summed E-state index contributed by atoms with van der Waals surface area (Å²) in [6.07, 6.45) is 1.56. The molecule has 342 valence electrons. The first kappa shape index (κ1) is 53.2. The predicted molar refractivity (Wildman–Crippen MR) is 222 cm³/mol. The van der Waals surface area contributed by atoms with Gasteiger partial charge in [0.25, 0.3) is 33.2 Å². The molecule has 9 saturated heterocycles. The van der Waals surface area contributed by atoms with Crippen LogP contribution in [0.25, 0.3) is 0 Å². The molecule has 3 aliphatic carbocycles. The van der Waals surface area contributed by atoms with Crippen molar-refractivity contribution in [3.63, 3.8) is 0 Å². The topological polar surface area (TPSA) is 259 Å². The summed E-state index contributed by atoms with van der Waals surface area (Å²) in [5.41, 5.74) is -6.80. The summed E-state index contributed by atoms with van der Waals surface area (Å²) in [4.78, 5) is 66.7. The third-order valence-electron chi connectivity index (χ3n) is 15.8. The van der Waals surface area contributed by atoms with Gasteiger partial charge in [-0.25, -0.2) is 0 Å². The largest absolute Gasteiger partial charge is 1.00 e. The molecule has 0 amide bonds. The summed E-state index contributed by atoms with van der Waals surface area (Å²) < 4.78 is 1.55. The van der Waals surface area contributed by atoms with Crippen molar-refractivity contribution in [1.29, 1.82) is 0 Å². The highest BCUT2D eigenvalue weighted by molar-refractivity contribution is 9.10. The number of hydrogen-bond donors (Lipinski definition) is 0. The molecule has 12 bridgehead atoms. The van der Waals surface area contributed by atoms with Gasteiger partial charge < -0.3 is 64.4 Å². The van der Waals surface area contributed by atoms with Crippen molar-refractivity contribution in [2.45, 2.75) is 104 Å². The van der Waals surface area contributed by atoms with E-state index in [2.05, 4.69) is 95.6 Å². The second kappa shape index (κ2) is 17.4. The first-order valence-corrected chi connectivity index (χ1v) is 24.6. The minimum absolute atomic E-state index is 0. The Hall–Kier alpha value is 0.600. The van der Waals surface area contributed by atoms with E-state index >= 15 is 0 Å². The molecule has 0 N–H and O–H groups in total. The Bertz CT molecular complexity index is 1640. The summed E-state index contributed by atoms with van der Waals surface area (Å²) in [6, 6.07) is -0.0358. The van der Waals surface area contributed by atoms with Crippen LogP contribution in [0.2, 0.25) is 0 Å². The smallest absolute Gasteiger partial charge is 0.294 e. The van der Waals surface area contributed by atoms with Crippen LogP contribution in [-0.2, 0) is 0 Å². The van der Waals surface area contributed by atoms with Crippen molar-refractivity contribution < 1.29 is 93.9 Å². The maximum absolute atomic E-state index is 11.6. The van der Waals surface area contributed by atoms with Crippen LogP contribution < -0.4 is 50.9 Å². The molecule has 0 spiro atoms. The van der Waals surface area contributed by atoms with Crippen LogP contribution in [0.4, 0.5) is 0 Å². The Labute approximate surface area is 425 Å². The Morgan fingerprint density at radius 2 is 0.633 bits per heavy atom. The summed E-state index contributed by atoms with van der Waals surface area (Å²) in [6.45, 7) is 4.73. The van der Waals surface area contributed by atoms with Gasteiger partial charge in [-0.1, -0.05) is 95.6 Å². The maximum atomic E-state index is 11.6. The fourth-order valence-electron chi connectivity index (χ4n) is 14.0. The first-order valence-electron chi connectivity index (χ1n) is 18.5. The van der Waals surface area contributed by atoms with Crippen LogP contribution in [0.15, 0.2) is 0 Å². The molecule has 0 radical (unpaired) electrons. The Morgan fingerprint density at radius 1 is 0.417 bits per heavy atom. The zero-order chi connectivity index (χ0) is 42.2. The molecular weight excluding hydrogens is 1400 g/mol. The highest BCUT2D eigenvalue weighted by Crippen LogP contribution is 2.62. The van der Waals surface area contributed by atoms with Gasteiger partial charge in [-0.2, -0.15) is 0 Å².